The summed E-state index contributed by atoms with van der Waals surface area (Å²) in [7, 11) is 0. The van der Waals surface area contributed by atoms with Crippen LogP contribution in [0.4, 0.5) is 5.13 Å². The molecule has 0 radical (unpaired) electrons. The highest BCUT2D eigenvalue weighted by Gasteiger charge is 2.09. The van der Waals surface area contributed by atoms with E-state index in [1.54, 1.807) is 6.92 Å². The maximum Gasteiger partial charge on any atom is 0.220 e. The molecule has 3 rings (SSSR count). The molecular weight excluding hydrogens is 334 g/mol. The molecule has 0 amide bonds. The van der Waals surface area contributed by atoms with Gasteiger partial charge in [0.2, 0.25) is 5.13 Å². The molecule has 1 heterocycles. The van der Waals surface area contributed by atoms with E-state index in [2.05, 4.69) is 33.9 Å². The number of benzene rings is 2. The quantitative estimate of drug-likeness (QED) is 0.250. The van der Waals surface area contributed by atoms with Gasteiger partial charge in [-0.15, -0.1) is 0 Å². The number of fused-ring (bicyclic) bond motifs is 1. The van der Waals surface area contributed by atoms with Crippen LogP contribution in [0, 0.1) is 23.8 Å². The Labute approximate surface area is 148 Å². The van der Waals surface area contributed by atoms with Gasteiger partial charge in [-0.3, -0.25) is 0 Å². The van der Waals surface area contributed by atoms with Crippen LogP contribution >= 0.6 is 11.3 Å². The van der Waals surface area contributed by atoms with Crippen molar-refractivity contribution in [3.63, 3.8) is 0 Å². The molecule has 0 bridgehead atoms. The van der Waals surface area contributed by atoms with Gasteiger partial charge in [0.1, 0.15) is 11.5 Å². The van der Waals surface area contributed by atoms with Crippen LogP contribution in [0.5, 0.6) is 11.5 Å². The third kappa shape index (κ3) is 3.89. The van der Waals surface area contributed by atoms with E-state index in [-0.39, 0.29) is 11.5 Å². The molecule has 2 N–H and O–H groups in total. The third-order valence-corrected chi connectivity index (χ3v) is 4.15. The molecule has 0 saturated carbocycles. The number of aromatic hydroxyl groups is 2. The van der Waals surface area contributed by atoms with Gasteiger partial charge in [-0.2, -0.15) is 10.1 Å². The van der Waals surface area contributed by atoms with Crippen molar-refractivity contribution in [2.45, 2.75) is 6.92 Å². The second kappa shape index (κ2) is 7.39. The van der Waals surface area contributed by atoms with Gasteiger partial charge < -0.3 is 10.2 Å². The lowest BCUT2D eigenvalue weighted by molar-refractivity contribution is 0.459. The van der Waals surface area contributed by atoms with Crippen LogP contribution in [-0.4, -0.2) is 21.4 Å². The first-order chi connectivity index (χ1) is 12.2. The smallest absolute Gasteiger partial charge is 0.220 e. The van der Waals surface area contributed by atoms with Crippen molar-refractivity contribution in [3.05, 3.63) is 48.0 Å². The molecule has 3 aromatic rings. The highest BCUT2D eigenvalue weighted by molar-refractivity contribution is 7.22. The number of hydrogen-bond acceptors (Lipinski definition) is 6. The van der Waals surface area contributed by atoms with E-state index in [0.717, 1.165) is 10.2 Å². The minimum atomic E-state index is 0.00658. The Balaban J connectivity index is 1.99. The molecule has 0 aliphatic heterocycles. The van der Waals surface area contributed by atoms with Gasteiger partial charge in [0.15, 0.2) is 0 Å². The zero-order valence-corrected chi connectivity index (χ0v) is 14.1. The largest absolute Gasteiger partial charge is 0.508 e. The van der Waals surface area contributed by atoms with Gasteiger partial charge >= 0.3 is 0 Å². The van der Waals surface area contributed by atoms with E-state index in [9.17, 15) is 10.2 Å². The summed E-state index contributed by atoms with van der Waals surface area (Å²) in [6.45, 7) is 1.70. The first kappa shape index (κ1) is 16.4. The fourth-order valence-corrected chi connectivity index (χ4v) is 2.87. The van der Waals surface area contributed by atoms with Gasteiger partial charge in [-0.1, -0.05) is 29.4 Å². The number of para-hydroxylation sites is 1. The summed E-state index contributed by atoms with van der Waals surface area (Å²) >= 11 is 1.44. The second-order valence-corrected chi connectivity index (χ2v) is 5.88. The van der Waals surface area contributed by atoms with Crippen LogP contribution in [0.25, 0.3) is 10.2 Å². The van der Waals surface area contributed by atoms with Crippen LogP contribution in [0.15, 0.2) is 47.6 Å². The van der Waals surface area contributed by atoms with Crippen molar-refractivity contribution in [1.29, 1.82) is 0 Å². The third-order valence-electron chi connectivity index (χ3n) is 3.14. The van der Waals surface area contributed by atoms with Crippen molar-refractivity contribution >= 4 is 32.9 Å². The molecule has 2 aromatic carbocycles. The number of hydrogen-bond donors (Lipinski definition) is 2. The Morgan fingerprint density at radius 1 is 1.16 bits per heavy atom. The highest BCUT2D eigenvalue weighted by atomic mass is 32.1. The molecule has 0 saturated heterocycles. The van der Waals surface area contributed by atoms with Crippen LogP contribution in [-0.2, 0) is 0 Å². The lowest BCUT2D eigenvalue weighted by Crippen LogP contribution is -2.08. The highest BCUT2D eigenvalue weighted by Crippen LogP contribution is 2.28. The monoisotopic (exact) mass is 347 g/mol. The molecule has 5 nitrogen and oxygen atoms in total. The topological polar surface area (TPSA) is 69.0 Å². The van der Waals surface area contributed by atoms with Gasteiger partial charge in [-0.05, 0) is 43.2 Å². The summed E-state index contributed by atoms with van der Waals surface area (Å²) in [4.78, 5) is 4.51. The van der Waals surface area contributed by atoms with Crippen molar-refractivity contribution in [3.8, 4) is 35.3 Å². The maximum atomic E-state index is 9.85. The van der Waals surface area contributed by atoms with Crippen molar-refractivity contribution in [2.24, 2.45) is 5.10 Å². The summed E-state index contributed by atoms with van der Waals surface area (Å²) in [6.07, 6.45) is 1.41. The number of phenolic OH excluding ortho intramolecular Hbond substituents is 2. The minimum Gasteiger partial charge on any atom is -0.508 e. The number of anilines is 1. The average molecular weight is 347 g/mol. The van der Waals surface area contributed by atoms with Gasteiger partial charge in [0.05, 0.1) is 22.5 Å². The van der Waals surface area contributed by atoms with Crippen LogP contribution in [0.2, 0.25) is 0 Å². The number of phenols is 2. The lowest BCUT2D eigenvalue weighted by Gasteiger charge is -2.06. The van der Waals surface area contributed by atoms with E-state index in [1.807, 2.05) is 24.3 Å². The Kier molecular flexibility index (Phi) is 4.84. The van der Waals surface area contributed by atoms with Crippen molar-refractivity contribution < 1.29 is 10.2 Å². The molecule has 0 aliphatic carbocycles. The molecule has 6 heteroatoms. The zero-order valence-electron chi connectivity index (χ0n) is 13.3. The SMILES string of the molecule is CC#CC#CN(/N=C/c1cc(O)ccc1O)c1nc2ccccc2s1. The number of rotatable bonds is 3. The van der Waals surface area contributed by atoms with Crippen LogP contribution < -0.4 is 5.01 Å². The van der Waals surface area contributed by atoms with Gasteiger partial charge in [0, 0.05) is 11.5 Å². The molecule has 0 atom stereocenters. The van der Waals surface area contributed by atoms with Crippen LogP contribution in [0.3, 0.4) is 0 Å². The van der Waals surface area contributed by atoms with E-state index in [4.69, 9.17) is 0 Å². The predicted molar refractivity (Wildman–Crippen MR) is 101 cm³/mol. The summed E-state index contributed by atoms with van der Waals surface area (Å²) in [5, 5.41) is 25.7. The standard InChI is InChI=1S/C19H13N3O2S/c1-2-3-6-11-22(19-21-16-7-4-5-8-18(16)25-19)20-13-14-12-15(23)9-10-17(14)24/h4-5,7-10,12-13,23-24H,1H3/b20-13+. The van der Waals surface area contributed by atoms with Gasteiger partial charge in [-0.25, -0.2) is 4.98 Å². The Hall–Kier alpha value is -3.48. The predicted octanol–water partition coefficient (Wildman–Crippen LogP) is 3.53. The summed E-state index contributed by atoms with van der Waals surface area (Å²) in [5.41, 5.74) is 1.22. The minimum absolute atomic E-state index is 0.00658. The summed E-state index contributed by atoms with van der Waals surface area (Å²) < 4.78 is 1.02. The lowest BCUT2D eigenvalue weighted by atomic mass is 10.2. The molecule has 0 fully saturated rings. The molecule has 0 spiro atoms. The van der Waals surface area contributed by atoms with E-state index < -0.39 is 0 Å². The molecule has 122 valence electrons. The van der Waals surface area contributed by atoms with Crippen molar-refractivity contribution in [2.75, 3.05) is 5.01 Å². The van der Waals surface area contributed by atoms with E-state index in [0.29, 0.717) is 10.7 Å². The average Bonchev–Trinajstić information content (AvgIpc) is 3.04. The first-order valence-corrected chi connectivity index (χ1v) is 8.13. The fraction of sp³-hybridized carbons (Fsp3) is 0.0526. The molecule has 0 aliphatic rings. The van der Waals surface area contributed by atoms with Crippen molar-refractivity contribution in [1.82, 2.24) is 4.98 Å². The maximum absolute atomic E-state index is 9.85. The number of nitrogens with zero attached hydrogens (tertiary/aromatic N) is 3. The first-order valence-electron chi connectivity index (χ1n) is 7.31. The number of thiazole rings is 1. The second-order valence-electron chi connectivity index (χ2n) is 4.88. The number of hydrazone groups is 1. The van der Waals surface area contributed by atoms with Gasteiger partial charge in [0.25, 0.3) is 0 Å². The van der Waals surface area contributed by atoms with E-state index in [1.165, 1.54) is 40.8 Å². The number of aromatic nitrogens is 1. The normalized spacial score (nSPS) is 10.1. The van der Waals surface area contributed by atoms with E-state index >= 15 is 0 Å². The summed E-state index contributed by atoms with van der Waals surface area (Å²) in [5.74, 6) is 8.10. The fourth-order valence-electron chi connectivity index (χ4n) is 1.99. The molecule has 0 unspecified atom stereocenters. The molecule has 1 aromatic heterocycles. The molecular formula is C19H13N3O2S. The zero-order chi connectivity index (χ0) is 17.6. The molecule has 25 heavy (non-hydrogen) atoms. The summed E-state index contributed by atoms with van der Waals surface area (Å²) in [6, 6.07) is 14.8. The Bertz CT molecular complexity index is 1030. The van der Waals surface area contributed by atoms with Crippen LogP contribution in [0.1, 0.15) is 12.5 Å². The Morgan fingerprint density at radius 2 is 2.00 bits per heavy atom. The Morgan fingerprint density at radius 3 is 2.80 bits per heavy atom.